The average Bonchev–Trinajstić information content (AvgIpc) is 3.39. The lowest BCUT2D eigenvalue weighted by Gasteiger charge is -2.20. The third-order valence-corrected chi connectivity index (χ3v) is 16.2. The number of unbranched alkanes of at least 4 members (excludes halogenated alkanes) is 53. The lowest BCUT2D eigenvalue weighted by molar-refractivity contribution is -0.123. The molecule has 5 nitrogen and oxygen atoms in total. The van der Waals surface area contributed by atoms with Gasteiger partial charge >= 0.3 is 0 Å². The van der Waals surface area contributed by atoms with Crippen molar-refractivity contribution in [3.05, 3.63) is 12.2 Å². The second-order valence-corrected chi connectivity index (χ2v) is 23.6. The fourth-order valence-electron chi connectivity index (χ4n) is 11.0. The monoisotopic (exact) mass is 1030 g/mol. The van der Waals surface area contributed by atoms with E-state index in [-0.39, 0.29) is 12.5 Å². The third kappa shape index (κ3) is 59.9. The fraction of sp³-hybridized carbons (Fsp3) is 0.941. The molecular formula is C68H133NO4. The van der Waals surface area contributed by atoms with Crippen molar-refractivity contribution in [2.24, 2.45) is 0 Å². The van der Waals surface area contributed by atoms with Crippen molar-refractivity contribution < 1.29 is 19.8 Å². The number of carbonyl (C=O) groups excluding carboxylic acids is 2. The van der Waals surface area contributed by atoms with Crippen LogP contribution in [0.4, 0.5) is 0 Å². The number of carbonyl (C=O) groups is 2. The summed E-state index contributed by atoms with van der Waals surface area (Å²) in [6.07, 6.45) is 80.4. The molecule has 0 aromatic heterocycles. The highest BCUT2D eigenvalue weighted by Crippen LogP contribution is 2.19. The molecule has 0 heterocycles. The van der Waals surface area contributed by atoms with E-state index in [9.17, 15) is 19.8 Å². The minimum absolute atomic E-state index is 0.0608. The quantitative estimate of drug-likeness (QED) is 0.0418. The highest BCUT2D eigenvalue weighted by molar-refractivity contribution is 5.78. The maximum atomic E-state index is 12.5. The van der Waals surface area contributed by atoms with Crippen LogP contribution in [0.25, 0.3) is 0 Å². The number of aliphatic hydroxyl groups is 2. The van der Waals surface area contributed by atoms with Crippen LogP contribution in [0, 0.1) is 0 Å². The lowest BCUT2D eigenvalue weighted by Crippen LogP contribution is -2.45. The summed E-state index contributed by atoms with van der Waals surface area (Å²) in [7, 11) is 0. The predicted molar refractivity (Wildman–Crippen MR) is 323 cm³/mol. The number of amides is 1. The van der Waals surface area contributed by atoms with E-state index in [4.69, 9.17) is 0 Å². The second kappa shape index (κ2) is 63.3. The van der Waals surface area contributed by atoms with E-state index in [1.807, 2.05) is 6.08 Å². The van der Waals surface area contributed by atoms with Crippen LogP contribution in [-0.2, 0) is 9.59 Å². The van der Waals surface area contributed by atoms with Crippen molar-refractivity contribution in [3.8, 4) is 0 Å². The Hall–Kier alpha value is -1.20. The minimum Gasteiger partial charge on any atom is -0.394 e. The molecule has 0 aliphatic rings. The van der Waals surface area contributed by atoms with Gasteiger partial charge in [-0.15, -0.1) is 0 Å². The van der Waals surface area contributed by atoms with Crippen LogP contribution in [0.15, 0.2) is 12.2 Å². The molecule has 0 rings (SSSR count). The number of ketones is 1. The molecule has 0 radical (unpaired) electrons. The molecule has 434 valence electrons. The Morgan fingerprint density at radius 2 is 0.548 bits per heavy atom. The summed E-state index contributed by atoms with van der Waals surface area (Å²) in [5, 5.41) is 23.2. The van der Waals surface area contributed by atoms with Crippen molar-refractivity contribution >= 4 is 11.7 Å². The molecule has 0 spiro atoms. The summed E-state index contributed by atoms with van der Waals surface area (Å²) in [6.45, 7) is 4.33. The van der Waals surface area contributed by atoms with Gasteiger partial charge in [0.2, 0.25) is 5.91 Å². The van der Waals surface area contributed by atoms with Gasteiger partial charge in [0.05, 0.1) is 18.8 Å². The average molecular weight is 1030 g/mol. The highest BCUT2D eigenvalue weighted by atomic mass is 16.3. The van der Waals surface area contributed by atoms with Gasteiger partial charge in [0, 0.05) is 19.3 Å². The Bertz CT molecular complexity index is 1090. The van der Waals surface area contributed by atoms with Gasteiger partial charge in [-0.25, -0.2) is 0 Å². The van der Waals surface area contributed by atoms with Crippen molar-refractivity contribution in [2.45, 2.75) is 405 Å². The molecule has 2 atom stereocenters. The number of rotatable bonds is 64. The third-order valence-electron chi connectivity index (χ3n) is 16.2. The molecular weight excluding hydrogens is 895 g/mol. The molecule has 0 aliphatic heterocycles. The topological polar surface area (TPSA) is 86.6 Å². The SMILES string of the molecule is CCCCCCCCCCCCCCC/C=C/[C@@H](O)[C@H](CO)NC(=O)CCCCCCCCCCCCCCCCCCCCCCCCCCCCCC(=O)CCCCCCCCCCCCCCCCC. The number of Topliss-reactive ketones (excluding diaryl/α,β-unsaturated/α-hetero) is 1. The largest absolute Gasteiger partial charge is 0.394 e. The minimum atomic E-state index is -0.840. The zero-order valence-corrected chi connectivity index (χ0v) is 49.9. The van der Waals surface area contributed by atoms with Crippen LogP contribution in [0.1, 0.15) is 393 Å². The van der Waals surface area contributed by atoms with E-state index in [1.165, 1.54) is 321 Å². The van der Waals surface area contributed by atoms with Crippen LogP contribution in [0.3, 0.4) is 0 Å². The first-order valence-electron chi connectivity index (χ1n) is 33.8. The zero-order chi connectivity index (χ0) is 52.9. The van der Waals surface area contributed by atoms with Crippen LogP contribution < -0.4 is 5.32 Å². The van der Waals surface area contributed by atoms with Crippen molar-refractivity contribution in [3.63, 3.8) is 0 Å². The first-order valence-corrected chi connectivity index (χ1v) is 33.8. The van der Waals surface area contributed by atoms with Gasteiger partial charge in [-0.3, -0.25) is 9.59 Å². The summed E-state index contributed by atoms with van der Waals surface area (Å²) in [5.74, 6) is 0.460. The van der Waals surface area contributed by atoms with Crippen molar-refractivity contribution in [1.82, 2.24) is 5.32 Å². The Morgan fingerprint density at radius 3 is 0.795 bits per heavy atom. The Kier molecular flexibility index (Phi) is 62.3. The predicted octanol–water partition coefficient (Wildman–Crippen LogP) is 22.0. The first-order chi connectivity index (χ1) is 36.0. The smallest absolute Gasteiger partial charge is 0.220 e. The molecule has 3 N–H and O–H groups in total. The number of hydrogen-bond acceptors (Lipinski definition) is 4. The van der Waals surface area contributed by atoms with Crippen LogP contribution >= 0.6 is 0 Å². The summed E-state index contributed by atoms with van der Waals surface area (Å²) < 4.78 is 0. The van der Waals surface area contributed by atoms with Gasteiger partial charge in [-0.2, -0.15) is 0 Å². The Morgan fingerprint density at radius 1 is 0.329 bits per heavy atom. The Balaban J connectivity index is 3.35. The number of hydrogen-bond donors (Lipinski definition) is 3. The maximum absolute atomic E-state index is 12.5. The highest BCUT2D eigenvalue weighted by Gasteiger charge is 2.18. The van der Waals surface area contributed by atoms with Crippen molar-refractivity contribution in [2.75, 3.05) is 6.61 Å². The number of aliphatic hydroxyl groups excluding tert-OH is 2. The van der Waals surface area contributed by atoms with Crippen LogP contribution in [-0.4, -0.2) is 40.7 Å². The second-order valence-electron chi connectivity index (χ2n) is 23.6. The lowest BCUT2D eigenvalue weighted by atomic mass is 10.0. The number of nitrogens with one attached hydrogen (secondary N) is 1. The summed E-state index contributed by atoms with van der Waals surface area (Å²) >= 11 is 0. The molecule has 0 bridgehead atoms. The maximum Gasteiger partial charge on any atom is 0.220 e. The van der Waals surface area contributed by atoms with Gasteiger partial charge in [0.25, 0.3) is 0 Å². The van der Waals surface area contributed by atoms with Gasteiger partial charge in [-0.1, -0.05) is 353 Å². The van der Waals surface area contributed by atoms with Gasteiger partial charge < -0.3 is 15.5 Å². The molecule has 0 aliphatic carbocycles. The molecule has 5 heteroatoms. The van der Waals surface area contributed by atoms with E-state index >= 15 is 0 Å². The molecule has 0 aromatic carbocycles. The molecule has 1 amide bonds. The summed E-state index contributed by atoms with van der Waals surface area (Å²) in [6, 6.07) is -0.623. The van der Waals surface area contributed by atoms with Gasteiger partial charge in [0.1, 0.15) is 5.78 Å². The number of allylic oxidation sites excluding steroid dienone is 1. The fourth-order valence-corrected chi connectivity index (χ4v) is 11.0. The Labute approximate surface area is 458 Å². The molecule has 0 unspecified atom stereocenters. The molecule has 0 saturated heterocycles. The van der Waals surface area contributed by atoms with E-state index in [0.717, 1.165) is 51.4 Å². The van der Waals surface area contributed by atoms with Crippen LogP contribution in [0.5, 0.6) is 0 Å². The van der Waals surface area contributed by atoms with Crippen LogP contribution in [0.2, 0.25) is 0 Å². The standard InChI is InChI=1S/C68H133NO4/c1-3-5-7-9-11-13-15-17-32-36-40-44-48-52-56-60-65(71)61-57-53-49-45-41-37-34-30-28-26-24-22-20-19-21-23-25-27-29-31-35-39-43-47-51-55-59-63-68(73)69-66(64-70)67(72)62-58-54-50-46-42-38-33-18-16-14-12-10-8-6-4-2/h58,62,66-67,70,72H,3-57,59-61,63-64H2,1-2H3,(H,69,73)/b62-58+/t66-,67+/m0/s1. The molecule has 0 fully saturated rings. The normalized spacial score (nSPS) is 12.6. The van der Waals surface area contributed by atoms with Gasteiger partial charge in [0.15, 0.2) is 0 Å². The molecule has 0 aromatic rings. The van der Waals surface area contributed by atoms with E-state index < -0.39 is 12.1 Å². The zero-order valence-electron chi connectivity index (χ0n) is 49.9. The summed E-state index contributed by atoms with van der Waals surface area (Å²) in [4.78, 5) is 24.8. The molecule has 73 heavy (non-hydrogen) atoms. The molecule has 0 saturated carbocycles. The van der Waals surface area contributed by atoms with Crippen molar-refractivity contribution in [1.29, 1.82) is 0 Å². The first kappa shape index (κ1) is 71.8. The van der Waals surface area contributed by atoms with Gasteiger partial charge in [-0.05, 0) is 32.1 Å². The van der Waals surface area contributed by atoms with E-state index in [2.05, 4.69) is 19.2 Å². The van der Waals surface area contributed by atoms with E-state index in [1.54, 1.807) is 6.08 Å². The van der Waals surface area contributed by atoms with E-state index in [0.29, 0.717) is 12.2 Å². The summed E-state index contributed by atoms with van der Waals surface area (Å²) in [5.41, 5.74) is 0.